The highest BCUT2D eigenvalue weighted by Gasteiger charge is 2.27. The number of hydrogen-bond donors (Lipinski definition) is 1. The normalized spacial score (nSPS) is 15.7. The Kier molecular flexibility index (Phi) is 5.24. The molecule has 0 saturated carbocycles. The van der Waals surface area contributed by atoms with E-state index in [2.05, 4.69) is 5.32 Å². The molecule has 1 aliphatic heterocycles. The fourth-order valence-electron chi connectivity index (χ4n) is 2.60. The van der Waals surface area contributed by atoms with Crippen molar-refractivity contribution in [2.24, 2.45) is 5.92 Å². The molecule has 3 rings (SSSR count). The molecule has 0 aliphatic carbocycles. The molecule has 2 aromatic carbocycles. The van der Waals surface area contributed by atoms with Gasteiger partial charge in [0.05, 0.1) is 5.92 Å². The van der Waals surface area contributed by atoms with E-state index in [0.29, 0.717) is 17.1 Å². The predicted octanol–water partition coefficient (Wildman–Crippen LogP) is 3.38. The molecule has 0 bridgehead atoms. The molecule has 5 nitrogen and oxygen atoms in total. The van der Waals surface area contributed by atoms with E-state index in [1.54, 1.807) is 30.3 Å². The van der Waals surface area contributed by atoms with Crippen LogP contribution >= 0.6 is 11.6 Å². The van der Waals surface area contributed by atoms with Crippen LogP contribution in [0.4, 0.5) is 5.69 Å². The second kappa shape index (κ2) is 7.57. The Labute approximate surface area is 150 Å². The van der Waals surface area contributed by atoms with Crippen LogP contribution in [0.5, 0.6) is 5.75 Å². The van der Waals surface area contributed by atoms with Gasteiger partial charge < -0.3 is 14.8 Å². The number of aryl methyl sites for hydroxylation is 1. The van der Waals surface area contributed by atoms with E-state index >= 15 is 0 Å². The molecule has 0 radical (unpaired) electrons. The van der Waals surface area contributed by atoms with Gasteiger partial charge in [-0.25, -0.2) is 0 Å². The fourth-order valence-corrected chi connectivity index (χ4v) is 2.80. The van der Waals surface area contributed by atoms with Gasteiger partial charge in [0.2, 0.25) is 0 Å². The van der Waals surface area contributed by atoms with Crippen LogP contribution in [-0.4, -0.2) is 25.1 Å². The number of carbonyl (C=O) groups is 2. The van der Waals surface area contributed by atoms with Gasteiger partial charge in [0.25, 0.3) is 5.91 Å². The van der Waals surface area contributed by atoms with Gasteiger partial charge in [-0.15, -0.1) is 0 Å². The van der Waals surface area contributed by atoms with Gasteiger partial charge in [0.15, 0.2) is 6.61 Å². The molecule has 0 saturated heterocycles. The summed E-state index contributed by atoms with van der Waals surface area (Å²) in [6.07, 6.45) is 0.480. The molecule has 1 N–H and O–H groups in total. The van der Waals surface area contributed by atoms with Crippen LogP contribution in [-0.2, 0) is 20.7 Å². The van der Waals surface area contributed by atoms with Crippen LogP contribution in [0.1, 0.15) is 11.1 Å². The smallest absolute Gasteiger partial charge is 0.313 e. The summed E-state index contributed by atoms with van der Waals surface area (Å²) >= 11 is 5.97. The third-order valence-electron chi connectivity index (χ3n) is 3.94. The van der Waals surface area contributed by atoms with Crippen molar-refractivity contribution in [2.75, 3.05) is 18.5 Å². The standard InChI is InChI=1S/C19H18ClNO4/c1-12-2-5-16(6-3-12)21-18(22)11-25-19(23)14-8-13-9-15(20)4-7-17(13)24-10-14/h2-7,9,14H,8,10-11H2,1H3,(H,21,22)/t14-/m1/s1. The minimum Gasteiger partial charge on any atom is -0.492 e. The number of benzene rings is 2. The largest absolute Gasteiger partial charge is 0.492 e. The Morgan fingerprint density at radius 1 is 1.24 bits per heavy atom. The van der Waals surface area contributed by atoms with Crippen molar-refractivity contribution in [3.63, 3.8) is 0 Å². The number of ether oxygens (including phenoxy) is 2. The summed E-state index contributed by atoms with van der Waals surface area (Å²) in [5.41, 5.74) is 2.63. The number of anilines is 1. The van der Waals surface area contributed by atoms with Gasteiger partial charge in [0, 0.05) is 10.7 Å². The number of nitrogens with one attached hydrogen (secondary N) is 1. The second-order valence-electron chi connectivity index (χ2n) is 5.99. The molecule has 0 aromatic heterocycles. The summed E-state index contributed by atoms with van der Waals surface area (Å²) in [7, 11) is 0. The Morgan fingerprint density at radius 3 is 2.76 bits per heavy atom. The predicted molar refractivity (Wildman–Crippen MR) is 94.9 cm³/mol. The van der Waals surface area contributed by atoms with Crippen molar-refractivity contribution in [2.45, 2.75) is 13.3 Å². The molecule has 130 valence electrons. The Hall–Kier alpha value is -2.53. The van der Waals surface area contributed by atoms with Gasteiger partial charge >= 0.3 is 5.97 Å². The van der Waals surface area contributed by atoms with Crippen LogP contribution in [0.3, 0.4) is 0 Å². The second-order valence-corrected chi connectivity index (χ2v) is 6.42. The maximum absolute atomic E-state index is 12.2. The summed E-state index contributed by atoms with van der Waals surface area (Å²) in [6, 6.07) is 12.7. The number of hydrogen-bond acceptors (Lipinski definition) is 4. The van der Waals surface area contributed by atoms with Gasteiger partial charge in [-0.05, 0) is 49.2 Å². The number of halogens is 1. The molecule has 2 aromatic rings. The van der Waals surface area contributed by atoms with Gasteiger partial charge in [-0.3, -0.25) is 9.59 Å². The molecule has 1 amide bonds. The SMILES string of the molecule is Cc1ccc(NC(=O)COC(=O)[C@H]2COc3ccc(Cl)cc3C2)cc1. The van der Waals surface area contributed by atoms with Crippen LogP contribution < -0.4 is 10.1 Å². The van der Waals surface area contributed by atoms with E-state index in [-0.39, 0.29) is 19.1 Å². The highest BCUT2D eigenvalue weighted by Crippen LogP contribution is 2.30. The average Bonchev–Trinajstić information content (AvgIpc) is 2.61. The van der Waals surface area contributed by atoms with E-state index in [4.69, 9.17) is 21.1 Å². The lowest BCUT2D eigenvalue weighted by Crippen LogP contribution is -2.31. The van der Waals surface area contributed by atoms with Gasteiger partial charge in [-0.1, -0.05) is 29.3 Å². The lowest BCUT2D eigenvalue weighted by Gasteiger charge is -2.24. The molecular formula is C19H18ClNO4. The molecule has 25 heavy (non-hydrogen) atoms. The quantitative estimate of drug-likeness (QED) is 0.850. The first-order valence-electron chi connectivity index (χ1n) is 7.95. The fraction of sp³-hybridized carbons (Fsp3) is 0.263. The number of rotatable bonds is 4. The first-order chi connectivity index (χ1) is 12.0. The van der Waals surface area contributed by atoms with Crippen molar-refractivity contribution >= 4 is 29.2 Å². The summed E-state index contributed by atoms with van der Waals surface area (Å²) in [5.74, 6) is -0.550. The van der Waals surface area contributed by atoms with Gasteiger partial charge in [-0.2, -0.15) is 0 Å². The van der Waals surface area contributed by atoms with E-state index < -0.39 is 11.9 Å². The summed E-state index contributed by atoms with van der Waals surface area (Å²) in [5, 5.41) is 3.28. The highest BCUT2D eigenvalue weighted by molar-refractivity contribution is 6.30. The van der Waals surface area contributed by atoms with Crippen LogP contribution in [0, 0.1) is 12.8 Å². The van der Waals surface area contributed by atoms with Crippen molar-refractivity contribution in [1.29, 1.82) is 0 Å². The minimum absolute atomic E-state index is 0.229. The van der Waals surface area contributed by atoms with Crippen LogP contribution in [0.2, 0.25) is 5.02 Å². The van der Waals surface area contributed by atoms with E-state index in [0.717, 1.165) is 16.9 Å². The van der Waals surface area contributed by atoms with Crippen molar-refractivity contribution in [3.05, 3.63) is 58.6 Å². The van der Waals surface area contributed by atoms with E-state index in [9.17, 15) is 9.59 Å². The Bertz CT molecular complexity index is 789. The van der Waals surface area contributed by atoms with Gasteiger partial charge in [0.1, 0.15) is 12.4 Å². The zero-order valence-electron chi connectivity index (χ0n) is 13.8. The molecule has 0 unspecified atom stereocenters. The highest BCUT2D eigenvalue weighted by atomic mass is 35.5. The Morgan fingerprint density at radius 2 is 2.00 bits per heavy atom. The molecular weight excluding hydrogens is 342 g/mol. The molecule has 1 heterocycles. The number of carbonyl (C=O) groups excluding carboxylic acids is 2. The third-order valence-corrected chi connectivity index (χ3v) is 4.18. The topological polar surface area (TPSA) is 64.6 Å². The molecule has 1 atom stereocenters. The maximum atomic E-state index is 12.2. The number of esters is 1. The average molecular weight is 360 g/mol. The lowest BCUT2D eigenvalue weighted by molar-refractivity contribution is -0.152. The summed E-state index contributed by atoms with van der Waals surface area (Å²) in [6.45, 7) is 1.86. The summed E-state index contributed by atoms with van der Waals surface area (Å²) in [4.78, 5) is 24.1. The van der Waals surface area contributed by atoms with Crippen molar-refractivity contribution in [3.8, 4) is 5.75 Å². The van der Waals surface area contributed by atoms with Crippen molar-refractivity contribution in [1.82, 2.24) is 0 Å². The maximum Gasteiger partial charge on any atom is 0.313 e. The molecule has 6 heteroatoms. The molecule has 1 aliphatic rings. The Balaban J connectivity index is 1.51. The monoisotopic (exact) mass is 359 g/mol. The van der Waals surface area contributed by atoms with E-state index in [1.165, 1.54) is 0 Å². The zero-order chi connectivity index (χ0) is 17.8. The zero-order valence-corrected chi connectivity index (χ0v) is 14.5. The lowest BCUT2D eigenvalue weighted by atomic mass is 9.97. The molecule has 0 fully saturated rings. The first-order valence-corrected chi connectivity index (χ1v) is 8.33. The minimum atomic E-state index is -0.454. The summed E-state index contributed by atoms with van der Waals surface area (Å²) < 4.78 is 10.7. The van der Waals surface area contributed by atoms with Crippen LogP contribution in [0.15, 0.2) is 42.5 Å². The molecule has 0 spiro atoms. The number of fused-ring (bicyclic) bond motifs is 1. The third kappa shape index (κ3) is 4.51. The van der Waals surface area contributed by atoms with Crippen molar-refractivity contribution < 1.29 is 19.1 Å². The van der Waals surface area contributed by atoms with E-state index in [1.807, 2.05) is 19.1 Å². The first kappa shape index (κ1) is 17.3. The number of amides is 1. The van der Waals surface area contributed by atoms with Crippen LogP contribution in [0.25, 0.3) is 0 Å².